The Morgan fingerprint density at radius 3 is 2.81 bits per heavy atom. The fourth-order valence-electron chi connectivity index (χ4n) is 2.35. The Balaban J connectivity index is 1.87. The zero-order valence-corrected chi connectivity index (χ0v) is 10.3. The molecule has 1 aliphatic rings. The van der Waals surface area contributed by atoms with Gasteiger partial charge in [0.15, 0.2) is 0 Å². The highest BCUT2D eigenvalue weighted by Crippen LogP contribution is 2.20. The van der Waals surface area contributed by atoms with Crippen LogP contribution in [0.25, 0.3) is 0 Å². The lowest BCUT2D eigenvalue weighted by Gasteiger charge is -2.31. The summed E-state index contributed by atoms with van der Waals surface area (Å²) in [5.41, 5.74) is 0. The third-order valence-corrected chi connectivity index (χ3v) is 3.45. The lowest BCUT2D eigenvalue weighted by Crippen LogP contribution is -2.42. The van der Waals surface area contributed by atoms with Crippen molar-refractivity contribution in [2.75, 3.05) is 20.1 Å². The molecule has 0 aromatic carbocycles. The number of furan rings is 1. The van der Waals surface area contributed by atoms with Gasteiger partial charge in [-0.2, -0.15) is 0 Å². The predicted molar refractivity (Wildman–Crippen MR) is 65.4 cm³/mol. The van der Waals surface area contributed by atoms with Crippen molar-refractivity contribution in [3.63, 3.8) is 0 Å². The molecule has 2 heterocycles. The van der Waals surface area contributed by atoms with Gasteiger partial charge in [-0.1, -0.05) is 6.92 Å². The minimum Gasteiger partial charge on any atom is -0.468 e. The van der Waals surface area contributed by atoms with Crippen LogP contribution in [0.3, 0.4) is 0 Å². The van der Waals surface area contributed by atoms with Crippen LogP contribution < -0.4 is 5.32 Å². The van der Waals surface area contributed by atoms with Crippen LogP contribution in [0, 0.1) is 0 Å². The molecule has 1 fully saturated rings. The summed E-state index contributed by atoms with van der Waals surface area (Å²) < 4.78 is 5.48. The zero-order valence-electron chi connectivity index (χ0n) is 10.3. The normalized spacial score (nSPS) is 21.1. The molecule has 1 N–H and O–H groups in total. The molecule has 0 aliphatic carbocycles. The van der Waals surface area contributed by atoms with Crippen molar-refractivity contribution in [2.45, 2.75) is 38.3 Å². The standard InChI is InChI=1S/C13H22N2O/c1-3-12(13-5-4-10-16-13)14-11-6-8-15(2)9-7-11/h4-5,10-12,14H,3,6-9H2,1-2H3. The average Bonchev–Trinajstić information content (AvgIpc) is 2.82. The number of hydrogen-bond acceptors (Lipinski definition) is 3. The van der Waals surface area contributed by atoms with Crippen molar-refractivity contribution >= 4 is 0 Å². The minimum absolute atomic E-state index is 0.378. The van der Waals surface area contributed by atoms with Gasteiger partial charge in [0.25, 0.3) is 0 Å². The van der Waals surface area contributed by atoms with Crippen LogP contribution in [0.5, 0.6) is 0 Å². The van der Waals surface area contributed by atoms with Crippen molar-refractivity contribution in [3.05, 3.63) is 24.2 Å². The van der Waals surface area contributed by atoms with Crippen LogP contribution in [0.2, 0.25) is 0 Å². The van der Waals surface area contributed by atoms with E-state index in [9.17, 15) is 0 Å². The van der Waals surface area contributed by atoms with E-state index in [1.165, 1.54) is 25.9 Å². The van der Waals surface area contributed by atoms with Crippen LogP contribution in [0.4, 0.5) is 0 Å². The molecule has 0 saturated carbocycles. The largest absolute Gasteiger partial charge is 0.468 e. The Labute approximate surface area is 97.8 Å². The summed E-state index contributed by atoms with van der Waals surface area (Å²) in [6, 6.07) is 5.06. The summed E-state index contributed by atoms with van der Waals surface area (Å²) in [5.74, 6) is 1.07. The fourth-order valence-corrected chi connectivity index (χ4v) is 2.35. The highest BCUT2D eigenvalue weighted by atomic mass is 16.3. The predicted octanol–water partition coefficient (Wildman–Crippen LogP) is 2.41. The van der Waals surface area contributed by atoms with Gasteiger partial charge in [0.2, 0.25) is 0 Å². The highest BCUT2D eigenvalue weighted by molar-refractivity contribution is 5.04. The Bertz CT molecular complexity index is 289. The van der Waals surface area contributed by atoms with E-state index in [0.717, 1.165) is 12.2 Å². The molecular formula is C13H22N2O. The van der Waals surface area contributed by atoms with Gasteiger partial charge >= 0.3 is 0 Å². The number of nitrogens with zero attached hydrogens (tertiary/aromatic N) is 1. The number of piperidine rings is 1. The van der Waals surface area contributed by atoms with Crippen molar-refractivity contribution < 1.29 is 4.42 Å². The monoisotopic (exact) mass is 222 g/mol. The maximum atomic E-state index is 5.48. The van der Waals surface area contributed by atoms with Gasteiger partial charge in [-0.25, -0.2) is 0 Å². The molecule has 0 bridgehead atoms. The summed E-state index contributed by atoms with van der Waals surface area (Å²) in [6.07, 6.45) is 5.33. The Hall–Kier alpha value is -0.800. The Morgan fingerprint density at radius 2 is 2.25 bits per heavy atom. The van der Waals surface area contributed by atoms with Gasteiger partial charge in [-0.05, 0) is 51.5 Å². The third-order valence-electron chi connectivity index (χ3n) is 3.45. The molecule has 16 heavy (non-hydrogen) atoms. The van der Waals surface area contributed by atoms with E-state index in [4.69, 9.17) is 4.42 Å². The average molecular weight is 222 g/mol. The molecule has 0 amide bonds. The second-order valence-electron chi connectivity index (χ2n) is 4.72. The van der Waals surface area contributed by atoms with Crippen LogP contribution >= 0.6 is 0 Å². The second kappa shape index (κ2) is 5.51. The van der Waals surface area contributed by atoms with Gasteiger partial charge in [0.05, 0.1) is 12.3 Å². The number of hydrogen-bond donors (Lipinski definition) is 1. The van der Waals surface area contributed by atoms with E-state index in [1.807, 2.05) is 6.07 Å². The lowest BCUT2D eigenvalue weighted by molar-refractivity contribution is 0.218. The first-order valence-corrected chi connectivity index (χ1v) is 6.27. The summed E-state index contributed by atoms with van der Waals surface area (Å²) in [6.45, 7) is 4.60. The van der Waals surface area contributed by atoms with Gasteiger partial charge in [0.1, 0.15) is 5.76 Å². The molecule has 0 radical (unpaired) electrons. The smallest absolute Gasteiger partial charge is 0.120 e. The van der Waals surface area contributed by atoms with E-state index in [1.54, 1.807) is 6.26 Å². The molecule has 1 aromatic rings. The van der Waals surface area contributed by atoms with Crippen molar-refractivity contribution in [2.24, 2.45) is 0 Å². The van der Waals surface area contributed by atoms with Gasteiger partial charge in [-0.3, -0.25) is 0 Å². The summed E-state index contributed by atoms with van der Waals surface area (Å²) in [7, 11) is 2.19. The molecule has 1 aliphatic heterocycles. The second-order valence-corrected chi connectivity index (χ2v) is 4.72. The zero-order chi connectivity index (χ0) is 11.4. The first kappa shape index (κ1) is 11.7. The summed E-state index contributed by atoms with van der Waals surface area (Å²) in [5, 5.41) is 3.71. The van der Waals surface area contributed by atoms with Crippen LogP contribution in [0.15, 0.2) is 22.8 Å². The lowest BCUT2D eigenvalue weighted by atomic mass is 10.0. The Morgan fingerprint density at radius 1 is 1.50 bits per heavy atom. The maximum absolute atomic E-state index is 5.48. The molecular weight excluding hydrogens is 200 g/mol. The fraction of sp³-hybridized carbons (Fsp3) is 0.692. The van der Waals surface area contributed by atoms with Gasteiger partial charge < -0.3 is 14.6 Å². The quantitative estimate of drug-likeness (QED) is 0.848. The summed E-state index contributed by atoms with van der Waals surface area (Å²) in [4.78, 5) is 2.39. The summed E-state index contributed by atoms with van der Waals surface area (Å²) >= 11 is 0. The van der Waals surface area contributed by atoms with Crippen LogP contribution in [0.1, 0.15) is 38.0 Å². The van der Waals surface area contributed by atoms with Gasteiger partial charge in [-0.15, -0.1) is 0 Å². The maximum Gasteiger partial charge on any atom is 0.120 e. The van der Waals surface area contributed by atoms with Gasteiger partial charge in [0, 0.05) is 6.04 Å². The molecule has 3 nitrogen and oxygen atoms in total. The third kappa shape index (κ3) is 2.86. The van der Waals surface area contributed by atoms with E-state index in [2.05, 4.69) is 30.3 Å². The number of nitrogens with one attached hydrogen (secondary N) is 1. The molecule has 1 atom stereocenters. The topological polar surface area (TPSA) is 28.4 Å². The van der Waals surface area contributed by atoms with Crippen molar-refractivity contribution in [3.8, 4) is 0 Å². The first-order chi connectivity index (χ1) is 7.79. The molecule has 0 spiro atoms. The molecule has 1 saturated heterocycles. The molecule has 3 heteroatoms. The molecule has 1 unspecified atom stereocenters. The molecule has 2 rings (SSSR count). The van der Waals surface area contributed by atoms with Crippen LogP contribution in [-0.4, -0.2) is 31.1 Å². The van der Waals surface area contributed by atoms with E-state index < -0.39 is 0 Å². The van der Waals surface area contributed by atoms with E-state index in [-0.39, 0.29) is 0 Å². The van der Waals surface area contributed by atoms with Crippen molar-refractivity contribution in [1.82, 2.24) is 10.2 Å². The van der Waals surface area contributed by atoms with E-state index in [0.29, 0.717) is 12.1 Å². The SMILES string of the molecule is CCC(NC1CCN(C)CC1)c1ccco1. The minimum atomic E-state index is 0.378. The number of rotatable bonds is 4. The van der Waals surface area contributed by atoms with Crippen molar-refractivity contribution in [1.29, 1.82) is 0 Å². The first-order valence-electron chi connectivity index (χ1n) is 6.27. The number of likely N-dealkylation sites (tertiary alicyclic amines) is 1. The highest BCUT2D eigenvalue weighted by Gasteiger charge is 2.21. The molecule has 1 aromatic heterocycles. The van der Waals surface area contributed by atoms with Crippen LogP contribution in [-0.2, 0) is 0 Å². The Kier molecular flexibility index (Phi) is 4.02. The molecule has 90 valence electrons. The van der Waals surface area contributed by atoms with E-state index >= 15 is 0 Å².